The number of hydrogen-bond acceptors (Lipinski definition) is 3. The summed E-state index contributed by atoms with van der Waals surface area (Å²) in [6, 6.07) is 2.89. The zero-order valence-corrected chi connectivity index (χ0v) is 7.39. The SMILES string of the molecule is Nc1cc(Cl)cc(Cl)c1OC=O. The van der Waals surface area contributed by atoms with Gasteiger partial charge in [-0.25, -0.2) is 0 Å². The van der Waals surface area contributed by atoms with Crippen molar-refractivity contribution >= 4 is 35.4 Å². The van der Waals surface area contributed by atoms with Gasteiger partial charge in [0, 0.05) is 5.02 Å². The molecule has 0 aromatic heterocycles. The molecule has 0 aliphatic carbocycles. The zero-order valence-electron chi connectivity index (χ0n) is 5.88. The quantitative estimate of drug-likeness (QED) is 0.595. The van der Waals surface area contributed by atoms with Crippen LogP contribution in [0.5, 0.6) is 5.75 Å². The van der Waals surface area contributed by atoms with Crippen molar-refractivity contribution in [3.63, 3.8) is 0 Å². The second-order valence-corrected chi connectivity index (χ2v) is 2.86. The van der Waals surface area contributed by atoms with Crippen LogP contribution in [0, 0.1) is 0 Å². The molecule has 1 aromatic carbocycles. The van der Waals surface area contributed by atoms with Crippen molar-refractivity contribution in [3.8, 4) is 5.75 Å². The molecule has 0 radical (unpaired) electrons. The Kier molecular flexibility index (Phi) is 2.78. The molecule has 0 amide bonds. The van der Waals surface area contributed by atoms with Gasteiger partial charge in [0.15, 0.2) is 5.75 Å². The van der Waals surface area contributed by atoms with Gasteiger partial charge >= 0.3 is 0 Å². The van der Waals surface area contributed by atoms with E-state index in [9.17, 15) is 4.79 Å². The number of carbonyl (C=O) groups excluding carboxylic acids is 1. The largest absolute Gasteiger partial charge is 0.425 e. The second-order valence-electron chi connectivity index (χ2n) is 2.02. The van der Waals surface area contributed by atoms with E-state index in [1.54, 1.807) is 0 Å². The van der Waals surface area contributed by atoms with E-state index in [0.717, 1.165) is 0 Å². The number of benzene rings is 1. The third kappa shape index (κ3) is 1.81. The Morgan fingerprint density at radius 3 is 2.58 bits per heavy atom. The van der Waals surface area contributed by atoms with Gasteiger partial charge in [0.1, 0.15) is 0 Å². The van der Waals surface area contributed by atoms with E-state index in [0.29, 0.717) is 5.02 Å². The van der Waals surface area contributed by atoms with Gasteiger partial charge < -0.3 is 10.5 Å². The summed E-state index contributed by atoms with van der Waals surface area (Å²) in [6.07, 6.45) is 0. The Morgan fingerprint density at radius 2 is 2.08 bits per heavy atom. The molecule has 0 unspecified atom stereocenters. The first-order chi connectivity index (χ1) is 5.65. The van der Waals surface area contributed by atoms with E-state index in [4.69, 9.17) is 28.9 Å². The summed E-state index contributed by atoms with van der Waals surface area (Å²) in [7, 11) is 0. The summed E-state index contributed by atoms with van der Waals surface area (Å²) in [4.78, 5) is 9.99. The van der Waals surface area contributed by atoms with Crippen LogP contribution in [0.2, 0.25) is 10.0 Å². The Hall–Kier alpha value is -0.930. The molecule has 0 saturated heterocycles. The van der Waals surface area contributed by atoms with Crippen LogP contribution in [-0.2, 0) is 4.79 Å². The Bertz CT molecular complexity index is 291. The third-order valence-corrected chi connectivity index (χ3v) is 1.70. The molecule has 0 heterocycles. The Balaban J connectivity index is 3.18. The molecule has 0 spiro atoms. The third-order valence-electron chi connectivity index (χ3n) is 1.20. The van der Waals surface area contributed by atoms with Crippen molar-refractivity contribution in [1.29, 1.82) is 0 Å². The van der Waals surface area contributed by atoms with Crippen LogP contribution in [0.4, 0.5) is 5.69 Å². The first-order valence-corrected chi connectivity index (χ1v) is 3.75. The van der Waals surface area contributed by atoms with Crippen LogP contribution < -0.4 is 10.5 Å². The number of anilines is 1. The summed E-state index contributed by atoms with van der Waals surface area (Å²) >= 11 is 11.3. The molecule has 0 fully saturated rings. The molecule has 0 aliphatic rings. The highest BCUT2D eigenvalue weighted by Crippen LogP contribution is 2.33. The highest BCUT2D eigenvalue weighted by molar-refractivity contribution is 6.36. The van der Waals surface area contributed by atoms with Crippen molar-refractivity contribution in [2.75, 3.05) is 5.73 Å². The lowest BCUT2D eigenvalue weighted by atomic mass is 10.3. The molecule has 1 aromatic rings. The van der Waals surface area contributed by atoms with Crippen LogP contribution >= 0.6 is 23.2 Å². The van der Waals surface area contributed by atoms with Gasteiger partial charge in [-0.2, -0.15) is 0 Å². The molecule has 12 heavy (non-hydrogen) atoms. The summed E-state index contributed by atoms with van der Waals surface area (Å²) in [5.74, 6) is 0.135. The predicted octanol–water partition coefficient (Wildman–Crippen LogP) is 2.11. The van der Waals surface area contributed by atoms with Gasteiger partial charge in [-0.3, -0.25) is 4.79 Å². The van der Waals surface area contributed by atoms with Crippen molar-refractivity contribution in [2.24, 2.45) is 0 Å². The molecule has 0 aliphatic heterocycles. The predicted molar refractivity (Wildman–Crippen MR) is 47.6 cm³/mol. The Morgan fingerprint density at radius 1 is 1.42 bits per heavy atom. The molecule has 64 valence electrons. The van der Waals surface area contributed by atoms with E-state index in [-0.39, 0.29) is 22.9 Å². The average molecular weight is 206 g/mol. The number of hydrogen-bond donors (Lipinski definition) is 1. The maximum Gasteiger partial charge on any atom is 0.298 e. The topological polar surface area (TPSA) is 52.3 Å². The second kappa shape index (κ2) is 3.65. The van der Waals surface area contributed by atoms with Gasteiger partial charge in [-0.05, 0) is 12.1 Å². The van der Waals surface area contributed by atoms with Gasteiger partial charge in [-0.15, -0.1) is 0 Å². The molecular formula is C7H5Cl2NO2. The van der Waals surface area contributed by atoms with Gasteiger partial charge in [-0.1, -0.05) is 23.2 Å². The highest BCUT2D eigenvalue weighted by atomic mass is 35.5. The molecule has 1 rings (SSSR count). The zero-order chi connectivity index (χ0) is 9.14. The van der Waals surface area contributed by atoms with Crippen LogP contribution in [-0.4, -0.2) is 6.47 Å². The lowest BCUT2D eigenvalue weighted by Gasteiger charge is -2.04. The standard InChI is InChI=1S/C7H5Cl2NO2/c8-4-1-5(9)7(12-3-11)6(10)2-4/h1-3H,10H2. The van der Waals surface area contributed by atoms with Crippen LogP contribution in [0.3, 0.4) is 0 Å². The summed E-state index contributed by atoms with van der Waals surface area (Å²) in [5, 5.41) is 0.614. The van der Waals surface area contributed by atoms with E-state index < -0.39 is 0 Å². The minimum atomic E-state index is 0.135. The van der Waals surface area contributed by atoms with Crippen LogP contribution in [0.15, 0.2) is 12.1 Å². The number of nitrogen functional groups attached to an aromatic ring is 1. The number of carbonyl (C=O) groups is 1. The van der Waals surface area contributed by atoms with Gasteiger partial charge in [0.25, 0.3) is 6.47 Å². The van der Waals surface area contributed by atoms with Crippen LogP contribution in [0.1, 0.15) is 0 Å². The molecule has 5 heteroatoms. The minimum absolute atomic E-state index is 0.135. The van der Waals surface area contributed by atoms with Gasteiger partial charge in [0.2, 0.25) is 0 Å². The lowest BCUT2D eigenvalue weighted by molar-refractivity contribution is -0.120. The highest BCUT2D eigenvalue weighted by Gasteiger charge is 2.07. The summed E-state index contributed by atoms with van der Waals surface area (Å²) in [6.45, 7) is 0.255. The van der Waals surface area contributed by atoms with Crippen molar-refractivity contribution in [3.05, 3.63) is 22.2 Å². The molecule has 2 N–H and O–H groups in total. The minimum Gasteiger partial charge on any atom is -0.425 e. The first kappa shape index (κ1) is 9.16. The molecule has 0 bridgehead atoms. The number of halogens is 2. The van der Waals surface area contributed by atoms with E-state index in [2.05, 4.69) is 4.74 Å². The lowest BCUT2D eigenvalue weighted by Crippen LogP contribution is -1.95. The number of rotatable bonds is 2. The summed E-state index contributed by atoms with van der Waals surface area (Å²) < 4.78 is 4.53. The maximum absolute atomic E-state index is 9.99. The molecule has 0 atom stereocenters. The Labute approximate surface area is 79.0 Å². The number of nitrogens with two attached hydrogens (primary N) is 1. The van der Waals surface area contributed by atoms with Crippen LogP contribution in [0.25, 0.3) is 0 Å². The molecule has 3 nitrogen and oxygen atoms in total. The van der Waals surface area contributed by atoms with Crippen molar-refractivity contribution < 1.29 is 9.53 Å². The average Bonchev–Trinajstić information content (AvgIpc) is 1.96. The fourth-order valence-electron chi connectivity index (χ4n) is 0.753. The van der Waals surface area contributed by atoms with Crippen molar-refractivity contribution in [2.45, 2.75) is 0 Å². The fourth-order valence-corrected chi connectivity index (χ4v) is 1.31. The fraction of sp³-hybridized carbons (Fsp3) is 0. The summed E-state index contributed by atoms with van der Waals surface area (Å²) in [5.41, 5.74) is 5.69. The molecular weight excluding hydrogens is 201 g/mol. The van der Waals surface area contributed by atoms with E-state index in [1.165, 1.54) is 12.1 Å². The van der Waals surface area contributed by atoms with E-state index in [1.807, 2.05) is 0 Å². The molecule has 0 saturated carbocycles. The maximum atomic E-state index is 9.99. The van der Waals surface area contributed by atoms with E-state index >= 15 is 0 Å². The van der Waals surface area contributed by atoms with Gasteiger partial charge in [0.05, 0.1) is 10.7 Å². The normalized spacial score (nSPS) is 9.50. The first-order valence-electron chi connectivity index (χ1n) is 3.00. The monoisotopic (exact) mass is 205 g/mol. The smallest absolute Gasteiger partial charge is 0.298 e. The van der Waals surface area contributed by atoms with Crippen molar-refractivity contribution in [1.82, 2.24) is 0 Å². The number of ether oxygens (including phenoxy) is 1.